The lowest BCUT2D eigenvalue weighted by molar-refractivity contribution is 0.314. The highest BCUT2D eigenvalue weighted by molar-refractivity contribution is 5.80. The first-order chi connectivity index (χ1) is 10.1. The molecule has 0 unspecified atom stereocenters. The number of nitrogens with one attached hydrogen (secondary N) is 1. The second-order valence-corrected chi connectivity index (χ2v) is 5.55. The minimum absolute atomic E-state index is 0.149. The van der Waals surface area contributed by atoms with E-state index in [1.807, 2.05) is 18.2 Å². The second-order valence-electron chi connectivity index (χ2n) is 5.55. The van der Waals surface area contributed by atoms with Gasteiger partial charge in [-0.2, -0.15) is 0 Å². The van der Waals surface area contributed by atoms with Crippen molar-refractivity contribution in [1.82, 2.24) is 5.32 Å². The largest absolute Gasteiger partial charge is 0.497 e. The molecule has 0 heterocycles. The third kappa shape index (κ3) is 4.01. The van der Waals surface area contributed by atoms with Crippen molar-refractivity contribution >= 4 is 5.84 Å². The first kappa shape index (κ1) is 15.4. The van der Waals surface area contributed by atoms with Gasteiger partial charge in [-0.3, -0.25) is 0 Å². The molecule has 6 heteroatoms. The molecular weight excluding hydrogens is 270 g/mol. The van der Waals surface area contributed by atoms with Crippen LogP contribution >= 0.6 is 0 Å². The molecule has 0 atom stereocenters. The van der Waals surface area contributed by atoms with Gasteiger partial charge in [0.2, 0.25) is 0 Å². The van der Waals surface area contributed by atoms with Gasteiger partial charge in [-0.25, -0.2) is 0 Å². The quantitative estimate of drug-likeness (QED) is 0.294. The number of hydrogen-bond acceptors (Lipinski definition) is 5. The van der Waals surface area contributed by atoms with Gasteiger partial charge in [-0.15, -0.1) is 0 Å². The van der Waals surface area contributed by atoms with Crippen molar-refractivity contribution in [3.05, 3.63) is 23.8 Å². The van der Waals surface area contributed by atoms with Gasteiger partial charge >= 0.3 is 0 Å². The highest BCUT2D eigenvalue weighted by Crippen LogP contribution is 2.48. The number of amidine groups is 1. The molecular formula is C15H23N3O3. The van der Waals surface area contributed by atoms with E-state index in [1.54, 1.807) is 14.2 Å². The lowest BCUT2D eigenvalue weighted by Crippen LogP contribution is -2.28. The molecule has 0 radical (unpaired) electrons. The highest BCUT2D eigenvalue weighted by atomic mass is 16.5. The van der Waals surface area contributed by atoms with Crippen LogP contribution in [0.5, 0.6) is 11.5 Å². The summed E-state index contributed by atoms with van der Waals surface area (Å²) in [7, 11) is 3.29. The molecule has 1 aromatic rings. The molecule has 0 aromatic heterocycles. The summed E-state index contributed by atoms with van der Waals surface area (Å²) >= 11 is 0. The Hall–Kier alpha value is -1.95. The van der Waals surface area contributed by atoms with Crippen molar-refractivity contribution in [2.24, 2.45) is 16.3 Å². The Morgan fingerprint density at radius 3 is 2.71 bits per heavy atom. The Bertz CT molecular complexity index is 513. The van der Waals surface area contributed by atoms with Crippen molar-refractivity contribution in [1.29, 1.82) is 0 Å². The topological polar surface area (TPSA) is 89.1 Å². The smallest absolute Gasteiger partial charge is 0.139 e. The third-order valence-electron chi connectivity index (χ3n) is 3.95. The van der Waals surface area contributed by atoms with E-state index in [0.717, 1.165) is 36.4 Å². The summed E-state index contributed by atoms with van der Waals surface area (Å²) in [4.78, 5) is 0. The zero-order valence-electron chi connectivity index (χ0n) is 12.6. The fourth-order valence-electron chi connectivity index (χ4n) is 2.47. The van der Waals surface area contributed by atoms with Crippen LogP contribution in [0.3, 0.4) is 0 Å². The maximum atomic E-state index is 8.66. The lowest BCUT2D eigenvalue weighted by Gasteiger charge is -2.16. The van der Waals surface area contributed by atoms with Gasteiger partial charge in [0.1, 0.15) is 17.3 Å². The van der Waals surface area contributed by atoms with Gasteiger partial charge in [-0.05, 0) is 24.3 Å². The monoisotopic (exact) mass is 293 g/mol. The van der Waals surface area contributed by atoms with E-state index in [-0.39, 0.29) is 5.41 Å². The van der Waals surface area contributed by atoms with Crippen molar-refractivity contribution in [3.63, 3.8) is 0 Å². The van der Waals surface area contributed by atoms with Gasteiger partial charge < -0.3 is 25.7 Å². The average Bonchev–Trinajstić information content (AvgIpc) is 3.26. The van der Waals surface area contributed by atoms with Crippen LogP contribution in [0.4, 0.5) is 0 Å². The standard InChI is InChI=1S/C15H23N3O3/c1-20-12-4-3-11(13(7-12)21-2)9-17-10-15(5-6-15)8-14(16)18-19/h3-4,7,17,19H,5-6,8-10H2,1-2H3,(H2,16,18). The summed E-state index contributed by atoms with van der Waals surface area (Å²) in [6.07, 6.45) is 2.85. The Morgan fingerprint density at radius 2 is 2.14 bits per heavy atom. The SMILES string of the molecule is COc1ccc(CNCC2(CC(N)=NO)CC2)c(OC)c1. The summed E-state index contributed by atoms with van der Waals surface area (Å²) in [5.41, 5.74) is 6.83. The Balaban J connectivity index is 1.89. The fourth-order valence-corrected chi connectivity index (χ4v) is 2.47. The third-order valence-corrected chi connectivity index (χ3v) is 3.95. The molecule has 6 nitrogen and oxygen atoms in total. The molecule has 0 saturated heterocycles. The number of ether oxygens (including phenoxy) is 2. The van der Waals surface area contributed by atoms with Crippen LogP contribution in [-0.4, -0.2) is 31.8 Å². The maximum Gasteiger partial charge on any atom is 0.139 e. The van der Waals surface area contributed by atoms with Gasteiger partial charge in [0.15, 0.2) is 0 Å². The summed E-state index contributed by atoms with van der Waals surface area (Å²) in [5, 5.41) is 15.2. The summed E-state index contributed by atoms with van der Waals surface area (Å²) in [5.74, 6) is 1.89. The molecule has 1 aliphatic carbocycles. The molecule has 116 valence electrons. The zero-order valence-corrected chi connectivity index (χ0v) is 12.6. The number of hydrogen-bond donors (Lipinski definition) is 3. The second kappa shape index (κ2) is 6.67. The van der Waals surface area contributed by atoms with E-state index in [0.29, 0.717) is 18.8 Å². The zero-order chi connectivity index (χ0) is 15.3. The van der Waals surface area contributed by atoms with Crippen LogP contribution in [0, 0.1) is 5.41 Å². The van der Waals surface area contributed by atoms with Crippen LogP contribution in [0.25, 0.3) is 0 Å². The summed E-state index contributed by atoms with van der Waals surface area (Å²) < 4.78 is 10.6. The van der Waals surface area contributed by atoms with Crippen molar-refractivity contribution in [3.8, 4) is 11.5 Å². The number of nitrogens with two attached hydrogens (primary N) is 1. The molecule has 21 heavy (non-hydrogen) atoms. The van der Waals surface area contributed by atoms with Crippen molar-refractivity contribution in [2.45, 2.75) is 25.8 Å². The molecule has 0 spiro atoms. The predicted molar refractivity (Wildman–Crippen MR) is 80.9 cm³/mol. The van der Waals surface area contributed by atoms with E-state index >= 15 is 0 Å². The van der Waals surface area contributed by atoms with Gasteiger partial charge in [-0.1, -0.05) is 11.2 Å². The molecule has 4 N–H and O–H groups in total. The first-order valence-electron chi connectivity index (χ1n) is 7.00. The molecule has 1 saturated carbocycles. The number of methoxy groups -OCH3 is 2. The molecule has 1 aromatic carbocycles. The van der Waals surface area contributed by atoms with Crippen LogP contribution in [0.15, 0.2) is 23.4 Å². The van der Waals surface area contributed by atoms with Gasteiger partial charge in [0.05, 0.1) is 14.2 Å². The number of nitrogens with zero attached hydrogens (tertiary/aromatic N) is 1. The minimum atomic E-state index is 0.149. The van der Waals surface area contributed by atoms with E-state index < -0.39 is 0 Å². The molecule has 1 aliphatic rings. The highest BCUT2D eigenvalue weighted by Gasteiger charge is 2.42. The molecule has 1 fully saturated rings. The summed E-state index contributed by atoms with van der Waals surface area (Å²) in [6.45, 7) is 1.56. The van der Waals surface area contributed by atoms with Crippen LogP contribution < -0.4 is 20.5 Å². The average molecular weight is 293 g/mol. The van der Waals surface area contributed by atoms with Gasteiger partial charge in [0.25, 0.3) is 0 Å². The summed E-state index contributed by atoms with van der Waals surface area (Å²) in [6, 6.07) is 5.79. The van der Waals surface area contributed by atoms with E-state index in [4.69, 9.17) is 20.4 Å². The van der Waals surface area contributed by atoms with Crippen LogP contribution in [0.2, 0.25) is 0 Å². The molecule has 0 aliphatic heterocycles. The van der Waals surface area contributed by atoms with Crippen LogP contribution in [-0.2, 0) is 6.54 Å². The van der Waals surface area contributed by atoms with Crippen LogP contribution in [0.1, 0.15) is 24.8 Å². The fraction of sp³-hybridized carbons (Fsp3) is 0.533. The van der Waals surface area contributed by atoms with Crippen molar-refractivity contribution < 1.29 is 14.7 Å². The normalized spacial score (nSPS) is 16.6. The lowest BCUT2D eigenvalue weighted by atomic mass is 10.0. The van der Waals surface area contributed by atoms with Crippen molar-refractivity contribution in [2.75, 3.05) is 20.8 Å². The maximum absolute atomic E-state index is 8.66. The van der Waals surface area contributed by atoms with E-state index in [2.05, 4.69) is 10.5 Å². The predicted octanol–water partition coefficient (Wildman–Crippen LogP) is 1.71. The molecule has 0 bridgehead atoms. The molecule has 2 rings (SSSR count). The number of oxime groups is 1. The Morgan fingerprint density at radius 1 is 1.38 bits per heavy atom. The Kier molecular flexibility index (Phi) is 4.90. The van der Waals surface area contributed by atoms with E-state index in [1.165, 1.54) is 0 Å². The minimum Gasteiger partial charge on any atom is -0.497 e. The van der Waals surface area contributed by atoms with E-state index in [9.17, 15) is 0 Å². The first-order valence-corrected chi connectivity index (χ1v) is 7.00. The van der Waals surface area contributed by atoms with Gasteiger partial charge in [0, 0.05) is 31.1 Å². The Labute approximate surface area is 124 Å². The molecule has 0 amide bonds. The number of benzene rings is 1. The number of rotatable bonds is 8.